The number of benzene rings is 1. The zero-order chi connectivity index (χ0) is 18.6. The van der Waals surface area contributed by atoms with Crippen LogP contribution in [0.3, 0.4) is 0 Å². The Hall–Kier alpha value is -1.55. The van der Waals surface area contributed by atoms with E-state index in [-0.39, 0.29) is 23.1 Å². The Morgan fingerprint density at radius 1 is 1.23 bits per heavy atom. The summed E-state index contributed by atoms with van der Waals surface area (Å²) in [4.78, 5) is 27.3. The molecule has 0 spiro atoms. The Balaban J connectivity index is 1.52. The Bertz CT molecular complexity index is 649. The zero-order valence-corrected chi connectivity index (χ0v) is 16.4. The summed E-state index contributed by atoms with van der Waals surface area (Å²) in [6.07, 6.45) is 6.66. The van der Waals surface area contributed by atoms with Crippen LogP contribution in [-0.4, -0.2) is 36.3 Å². The number of unbranched alkanes of at least 4 members (excludes halogenated alkanes) is 2. The van der Waals surface area contributed by atoms with Crippen molar-refractivity contribution in [1.29, 1.82) is 0 Å². The first kappa shape index (κ1) is 19.2. The summed E-state index contributed by atoms with van der Waals surface area (Å²) in [6, 6.07) is 7.69. The molecule has 0 aromatic heterocycles. The molecule has 1 saturated carbocycles. The third-order valence-electron chi connectivity index (χ3n) is 5.77. The number of hydrogen-bond donors (Lipinski definition) is 1. The maximum atomic E-state index is 13.1. The summed E-state index contributed by atoms with van der Waals surface area (Å²) in [5, 5.41) is 3.73. The van der Waals surface area contributed by atoms with E-state index in [2.05, 4.69) is 12.2 Å². The minimum atomic E-state index is -0.375. The fraction of sp³-hybridized carbons (Fsp3) is 0.619. The third-order valence-corrected chi connectivity index (χ3v) is 6.00. The molecule has 0 atom stereocenters. The van der Waals surface area contributed by atoms with Crippen molar-refractivity contribution < 1.29 is 9.59 Å². The van der Waals surface area contributed by atoms with Gasteiger partial charge in [0.15, 0.2) is 0 Å². The fourth-order valence-electron chi connectivity index (χ4n) is 3.92. The third kappa shape index (κ3) is 4.22. The highest BCUT2D eigenvalue weighted by atomic mass is 35.5. The van der Waals surface area contributed by atoms with E-state index in [9.17, 15) is 9.59 Å². The van der Waals surface area contributed by atoms with Gasteiger partial charge >= 0.3 is 0 Å². The second-order valence-electron chi connectivity index (χ2n) is 7.66. The van der Waals surface area contributed by atoms with Crippen LogP contribution in [0.1, 0.15) is 57.4 Å². The van der Waals surface area contributed by atoms with Crippen molar-refractivity contribution in [2.24, 2.45) is 5.92 Å². The van der Waals surface area contributed by atoms with Crippen LogP contribution in [-0.2, 0) is 15.0 Å². The van der Waals surface area contributed by atoms with Gasteiger partial charge in [-0.05, 0) is 49.8 Å². The molecule has 26 heavy (non-hydrogen) atoms. The molecule has 4 nitrogen and oxygen atoms in total. The van der Waals surface area contributed by atoms with E-state index in [1.54, 1.807) is 0 Å². The van der Waals surface area contributed by atoms with Crippen molar-refractivity contribution >= 4 is 23.4 Å². The van der Waals surface area contributed by atoms with E-state index in [1.807, 2.05) is 29.2 Å². The van der Waals surface area contributed by atoms with E-state index in [0.29, 0.717) is 18.1 Å². The Labute approximate surface area is 161 Å². The normalized spacial score (nSPS) is 19.2. The number of piperidine rings is 1. The van der Waals surface area contributed by atoms with Crippen molar-refractivity contribution in [3.63, 3.8) is 0 Å². The van der Waals surface area contributed by atoms with Gasteiger partial charge in [-0.3, -0.25) is 9.59 Å². The number of hydrogen-bond acceptors (Lipinski definition) is 2. The van der Waals surface area contributed by atoms with Crippen LogP contribution in [0.25, 0.3) is 0 Å². The largest absolute Gasteiger partial charge is 0.356 e. The summed E-state index contributed by atoms with van der Waals surface area (Å²) in [5.74, 6) is 0.410. The molecule has 0 radical (unpaired) electrons. The molecule has 5 heteroatoms. The molecule has 1 aliphatic carbocycles. The predicted molar refractivity (Wildman–Crippen MR) is 104 cm³/mol. The van der Waals surface area contributed by atoms with Gasteiger partial charge in [0.25, 0.3) is 0 Å². The number of amides is 2. The van der Waals surface area contributed by atoms with E-state index in [4.69, 9.17) is 11.6 Å². The average molecular weight is 377 g/mol. The highest BCUT2D eigenvalue weighted by molar-refractivity contribution is 6.30. The molecule has 1 aromatic carbocycles. The van der Waals surface area contributed by atoms with Gasteiger partial charge in [-0.2, -0.15) is 0 Å². The molecular weight excluding hydrogens is 348 g/mol. The number of nitrogens with zero attached hydrogens (tertiary/aromatic N) is 1. The Kier molecular flexibility index (Phi) is 6.23. The van der Waals surface area contributed by atoms with Gasteiger partial charge in [0.2, 0.25) is 11.8 Å². The minimum Gasteiger partial charge on any atom is -0.356 e. The maximum Gasteiger partial charge on any atom is 0.233 e. The predicted octanol–water partition coefficient (Wildman–Crippen LogP) is 3.92. The van der Waals surface area contributed by atoms with Crippen LogP contribution in [0.2, 0.25) is 5.02 Å². The van der Waals surface area contributed by atoms with Gasteiger partial charge in [-0.1, -0.05) is 43.5 Å². The van der Waals surface area contributed by atoms with Crippen LogP contribution < -0.4 is 5.32 Å². The molecular formula is C21H29ClN2O2. The molecule has 0 bridgehead atoms. The van der Waals surface area contributed by atoms with E-state index in [0.717, 1.165) is 57.1 Å². The number of nitrogens with one attached hydrogen (secondary N) is 1. The molecule has 2 aliphatic rings. The summed E-state index contributed by atoms with van der Waals surface area (Å²) in [6.45, 7) is 4.27. The summed E-state index contributed by atoms with van der Waals surface area (Å²) >= 11 is 6.12. The molecule has 1 N–H and O–H groups in total. The minimum absolute atomic E-state index is 0.0435. The summed E-state index contributed by atoms with van der Waals surface area (Å²) < 4.78 is 0. The van der Waals surface area contributed by atoms with Gasteiger partial charge < -0.3 is 10.2 Å². The van der Waals surface area contributed by atoms with Gasteiger partial charge in [0.05, 0.1) is 5.41 Å². The number of carbonyl (C=O) groups is 2. The van der Waals surface area contributed by atoms with Crippen molar-refractivity contribution in [3.05, 3.63) is 34.9 Å². The van der Waals surface area contributed by atoms with Crippen LogP contribution >= 0.6 is 11.6 Å². The first-order chi connectivity index (χ1) is 12.6. The van der Waals surface area contributed by atoms with Crippen LogP contribution in [0, 0.1) is 5.92 Å². The maximum absolute atomic E-state index is 13.1. The Morgan fingerprint density at radius 3 is 2.58 bits per heavy atom. The lowest BCUT2D eigenvalue weighted by Gasteiger charge is -2.34. The second kappa shape index (κ2) is 8.43. The lowest BCUT2D eigenvalue weighted by atomic mass is 9.91. The first-order valence-electron chi connectivity index (χ1n) is 9.90. The molecule has 142 valence electrons. The van der Waals surface area contributed by atoms with E-state index >= 15 is 0 Å². The van der Waals surface area contributed by atoms with Crippen molar-refractivity contribution in [1.82, 2.24) is 10.2 Å². The highest BCUT2D eigenvalue weighted by Gasteiger charge is 2.53. The first-order valence-corrected chi connectivity index (χ1v) is 10.3. The Morgan fingerprint density at radius 2 is 1.96 bits per heavy atom. The van der Waals surface area contributed by atoms with Crippen LogP contribution in [0.15, 0.2) is 24.3 Å². The molecule has 2 fully saturated rings. The van der Waals surface area contributed by atoms with Gasteiger partial charge in [-0.15, -0.1) is 0 Å². The number of rotatable bonds is 7. The number of likely N-dealkylation sites (tertiary alicyclic amines) is 1. The standard InChI is InChI=1S/C21H29ClN2O2/c1-2-3-4-12-23-19(25)16-8-13-24(14-9-16)20(26)21(10-11-21)17-6-5-7-18(22)15-17/h5-7,15-16H,2-4,8-14H2,1H3,(H,23,25). The smallest absolute Gasteiger partial charge is 0.233 e. The lowest BCUT2D eigenvalue weighted by Crippen LogP contribution is -2.46. The SMILES string of the molecule is CCCCCNC(=O)C1CCN(C(=O)C2(c3cccc(Cl)c3)CC2)CC1. The number of halogens is 1. The molecule has 0 unspecified atom stereocenters. The van der Waals surface area contributed by atoms with E-state index in [1.165, 1.54) is 0 Å². The van der Waals surface area contributed by atoms with Gasteiger partial charge in [0, 0.05) is 30.6 Å². The number of carbonyl (C=O) groups excluding carboxylic acids is 2. The monoisotopic (exact) mass is 376 g/mol. The van der Waals surface area contributed by atoms with Crippen LogP contribution in [0.4, 0.5) is 0 Å². The summed E-state index contributed by atoms with van der Waals surface area (Å²) in [5.41, 5.74) is 0.658. The van der Waals surface area contributed by atoms with Gasteiger partial charge in [-0.25, -0.2) is 0 Å². The van der Waals surface area contributed by atoms with Crippen LogP contribution in [0.5, 0.6) is 0 Å². The lowest BCUT2D eigenvalue weighted by molar-refractivity contribution is -0.137. The van der Waals surface area contributed by atoms with Crippen molar-refractivity contribution in [2.45, 2.75) is 57.3 Å². The molecule has 1 saturated heterocycles. The molecule has 1 aliphatic heterocycles. The zero-order valence-electron chi connectivity index (χ0n) is 15.6. The van der Waals surface area contributed by atoms with Gasteiger partial charge in [0.1, 0.15) is 0 Å². The molecule has 1 heterocycles. The molecule has 1 aromatic rings. The summed E-state index contributed by atoms with van der Waals surface area (Å²) in [7, 11) is 0. The molecule has 3 rings (SSSR count). The van der Waals surface area contributed by atoms with Crippen molar-refractivity contribution in [2.75, 3.05) is 19.6 Å². The fourth-order valence-corrected chi connectivity index (χ4v) is 4.11. The molecule has 2 amide bonds. The quantitative estimate of drug-likeness (QED) is 0.733. The van der Waals surface area contributed by atoms with E-state index < -0.39 is 0 Å². The average Bonchev–Trinajstić information content (AvgIpc) is 3.47. The topological polar surface area (TPSA) is 49.4 Å². The highest BCUT2D eigenvalue weighted by Crippen LogP contribution is 2.50. The van der Waals surface area contributed by atoms with Crippen molar-refractivity contribution in [3.8, 4) is 0 Å². The second-order valence-corrected chi connectivity index (χ2v) is 8.09.